The zero-order chi connectivity index (χ0) is 15.3. The summed E-state index contributed by atoms with van der Waals surface area (Å²) in [5.74, 6) is 2.06. The lowest BCUT2D eigenvalue weighted by Crippen LogP contribution is -2.27. The Balaban J connectivity index is 2.30. The van der Waals surface area contributed by atoms with Crippen molar-refractivity contribution < 1.29 is 0 Å². The van der Waals surface area contributed by atoms with Gasteiger partial charge in [0.05, 0.1) is 0 Å². The van der Waals surface area contributed by atoms with Crippen LogP contribution in [0.2, 0.25) is 0 Å². The lowest BCUT2D eigenvalue weighted by molar-refractivity contribution is 0.510. The molecule has 1 aromatic rings. The molecule has 1 atom stereocenters. The highest BCUT2D eigenvalue weighted by Crippen LogP contribution is 2.60. The van der Waals surface area contributed by atoms with Gasteiger partial charge in [0.25, 0.3) is 0 Å². The van der Waals surface area contributed by atoms with Gasteiger partial charge < -0.3 is 0 Å². The summed E-state index contributed by atoms with van der Waals surface area (Å²) in [6.45, 7) is 11.5. The maximum absolute atomic E-state index is 2.67. The van der Waals surface area contributed by atoms with Gasteiger partial charge in [-0.05, 0) is 46.1 Å². The third-order valence-corrected chi connectivity index (χ3v) is 7.77. The van der Waals surface area contributed by atoms with E-state index in [1.807, 2.05) is 0 Å². The summed E-state index contributed by atoms with van der Waals surface area (Å²) < 4.78 is 2.67. The van der Waals surface area contributed by atoms with Crippen LogP contribution in [0.15, 0.2) is 47.2 Å². The van der Waals surface area contributed by atoms with E-state index in [-0.39, 0.29) is 0 Å². The van der Waals surface area contributed by atoms with E-state index in [0.29, 0.717) is 0 Å². The molecule has 0 fully saturated rings. The lowest BCUT2D eigenvalue weighted by atomic mass is 10.1. The molecule has 1 heterocycles. The van der Waals surface area contributed by atoms with Crippen molar-refractivity contribution in [2.24, 2.45) is 5.92 Å². The standard InChI is InChI=1S/C19H29NS/c1-5-20(6-2)21(14-12-17(3)4)15-13-19(16-21)18-10-8-7-9-11-18/h7-11,13,15-17H,5-6,12,14H2,1-4H3. The summed E-state index contributed by atoms with van der Waals surface area (Å²) in [7, 11) is -0.904. The second kappa shape index (κ2) is 7.33. The highest BCUT2D eigenvalue weighted by Gasteiger charge is 2.28. The minimum absolute atomic E-state index is 0.771. The number of hydrogen-bond acceptors (Lipinski definition) is 1. The van der Waals surface area contributed by atoms with Crippen LogP contribution in [-0.4, -0.2) is 23.1 Å². The van der Waals surface area contributed by atoms with E-state index in [4.69, 9.17) is 0 Å². The Morgan fingerprint density at radius 1 is 1.05 bits per heavy atom. The van der Waals surface area contributed by atoms with Gasteiger partial charge in [-0.25, -0.2) is 0 Å². The summed E-state index contributed by atoms with van der Waals surface area (Å²) in [5, 5.41) is 5.07. The normalized spacial score (nSPS) is 24.4. The maximum atomic E-state index is 2.67. The fraction of sp³-hybridized carbons (Fsp3) is 0.474. The van der Waals surface area contributed by atoms with E-state index in [9.17, 15) is 0 Å². The second-order valence-corrected chi connectivity index (χ2v) is 9.10. The van der Waals surface area contributed by atoms with Crippen LogP contribution in [0.5, 0.6) is 0 Å². The predicted molar refractivity (Wildman–Crippen MR) is 98.4 cm³/mol. The van der Waals surface area contributed by atoms with Crippen LogP contribution >= 0.6 is 10.2 Å². The molecule has 2 rings (SSSR count). The first kappa shape index (κ1) is 16.4. The lowest BCUT2D eigenvalue weighted by Gasteiger charge is -2.43. The Morgan fingerprint density at radius 3 is 2.29 bits per heavy atom. The van der Waals surface area contributed by atoms with Gasteiger partial charge in [0.15, 0.2) is 0 Å². The molecule has 0 amide bonds. The quantitative estimate of drug-likeness (QED) is 0.628. The molecule has 0 saturated heterocycles. The third kappa shape index (κ3) is 3.81. The zero-order valence-corrected chi connectivity index (χ0v) is 14.7. The van der Waals surface area contributed by atoms with Crippen LogP contribution in [0.4, 0.5) is 0 Å². The van der Waals surface area contributed by atoms with Gasteiger partial charge in [-0.15, -0.1) is 10.2 Å². The molecule has 0 bridgehead atoms. The Kier molecular flexibility index (Phi) is 5.72. The SMILES string of the molecule is CCN(CC)S1(CCC(C)C)C=CC(c2ccccc2)=C1. The average molecular weight is 304 g/mol. The molecule has 1 unspecified atom stereocenters. The number of rotatable bonds is 7. The summed E-state index contributed by atoms with van der Waals surface area (Å²) in [5.41, 5.74) is 2.75. The minimum atomic E-state index is -0.904. The molecule has 1 nitrogen and oxygen atoms in total. The predicted octanol–water partition coefficient (Wildman–Crippen LogP) is 5.66. The van der Waals surface area contributed by atoms with Crippen molar-refractivity contribution in [1.29, 1.82) is 0 Å². The van der Waals surface area contributed by atoms with Gasteiger partial charge in [-0.1, -0.05) is 58.0 Å². The molecule has 21 heavy (non-hydrogen) atoms. The Hall–Kier alpha value is -0.990. The minimum Gasteiger partial charge on any atom is -0.261 e. The summed E-state index contributed by atoms with van der Waals surface area (Å²) in [4.78, 5) is 0. The van der Waals surface area contributed by atoms with E-state index < -0.39 is 10.2 Å². The molecule has 116 valence electrons. The zero-order valence-electron chi connectivity index (χ0n) is 13.9. The molecule has 0 spiro atoms. The molecule has 0 aromatic heterocycles. The van der Waals surface area contributed by atoms with Crippen LogP contribution in [0, 0.1) is 5.92 Å². The van der Waals surface area contributed by atoms with Gasteiger partial charge >= 0.3 is 0 Å². The molecular formula is C19H29NS. The molecule has 1 aliphatic heterocycles. The van der Waals surface area contributed by atoms with Crippen LogP contribution in [0.25, 0.3) is 5.57 Å². The fourth-order valence-corrected chi connectivity index (χ4v) is 6.59. The molecule has 0 aliphatic carbocycles. The summed E-state index contributed by atoms with van der Waals surface area (Å²) in [6.07, 6.45) is 3.65. The van der Waals surface area contributed by atoms with E-state index >= 15 is 0 Å². The van der Waals surface area contributed by atoms with Crippen molar-refractivity contribution in [3.8, 4) is 0 Å². The smallest absolute Gasteiger partial charge is 0.00517 e. The van der Waals surface area contributed by atoms with Crippen molar-refractivity contribution in [3.63, 3.8) is 0 Å². The first-order chi connectivity index (χ1) is 10.1. The number of allylic oxidation sites excluding steroid dienone is 2. The van der Waals surface area contributed by atoms with Gasteiger partial charge in [0.2, 0.25) is 0 Å². The largest absolute Gasteiger partial charge is 0.261 e. The van der Waals surface area contributed by atoms with Crippen LogP contribution in [0.3, 0.4) is 0 Å². The van der Waals surface area contributed by atoms with Crippen molar-refractivity contribution in [2.45, 2.75) is 34.1 Å². The van der Waals surface area contributed by atoms with Crippen molar-refractivity contribution in [2.75, 3.05) is 18.8 Å². The monoisotopic (exact) mass is 303 g/mol. The second-order valence-electron chi connectivity index (χ2n) is 6.05. The average Bonchev–Trinajstić information content (AvgIpc) is 2.93. The molecular weight excluding hydrogens is 274 g/mol. The van der Waals surface area contributed by atoms with E-state index in [0.717, 1.165) is 19.0 Å². The summed E-state index contributed by atoms with van der Waals surface area (Å²) in [6, 6.07) is 10.8. The van der Waals surface area contributed by atoms with Crippen molar-refractivity contribution in [3.05, 3.63) is 52.8 Å². The van der Waals surface area contributed by atoms with Crippen LogP contribution in [0.1, 0.15) is 39.7 Å². The first-order valence-electron chi connectivity index (χ1n) is 8.12. The molecule has 1 aliphatic rings. The third-order valence-electron chi connectivity index (χ3n) is 4.13. The van der Waals surface area contributed by atoms with Gasteiger partial charge in [-0.2, -0.15) is 0 Å². The molecule has 0 N–H and O–H groups in total. The van der Waals surface area contributed by atoms with Gasteiger partial charge in [-0.3, -0.25) is 4.31 Å². The van der Waals surface area contributed by atoms with Gasteiger partial charge in [0.1, 0.15) is 0 Å². The first-order valence-corrected chi connectivity index (χ1v) is 10.0. The number of benzene rings is 1. The molecule has 0 radical (unpaired) electrons. The Bertz CT molecular complexity index is 500. The van der Waals surface area contributed by atoms with E-state index in [2.05, 4.69) is 79.2 Å². The number of nitrogens with zero attached hydrogens (tertiary/aromatic N) is 1. The van der Waals surface area contributed by atoms with E-state index in [1.54, 1.807) is 0 Å². The maximum Gasteiger partial charge on any atom is 0.00517 e. The van der Waals surface area contributed by atoms with Gasteiger partial charge in [0, 0.05) is 13.1 Å². The van der Waals surface area contributed by atoms with Crippen molar-refractivity contribution >= 4 is 15.8 Å². The topological polar surface area (TPSA) is 3.24 Å². The highest BCUT2D eigenvalue weighted by atomic mass is 32.3. The number of hydrogen-bond donors (Lipinski definition) is 0. The fourth-order valence-electron chi connectivity index (χ4n) is 2.83. The van der Waals surface area contributed by atoms with Crippen LogP contribution in [-0.2, 0) is 0 Å². The molecule has 2 heteroatoms. The summed E-state index contributed by atoms with van der Waals surface area (Å²) >= 11 is 0. The molecule has 1 aromatic carbocycles. The van der Waals surface area contributed by atoms with Crippen LogP contribution < -0.4 is 0 Å². The molecule has 0 saturated carbocycles. The van der Waals surface area contributed by atoms with Crippen molar-refractivity contribution in [1.82, 2.24) is 4.31 Å². The Morgan fingerprint density at radius 2 is 1.71 bits per heavy atom. The highest BCUT2D eigenvalue weighted by molar-refractivity contribution is 8.36. The van der Waals surface area contributed by atoms with E-state index in [1.165, 1.54) is 23.3 Å². The Labute approximate surface area is 132 Å².